The maximum Gasteiger partial charge on any atom is 0.279 e. The second-order valence-corrected chi connectivity index (χ2v) is 5.01. The van der Waals surface area contributed by atoms with Crippen molar-refractivity contribution in [3.05, 3.63) is 46.8 Å². The van der Waals surface area contributed by atoms with Crippen molar-refractivity contribution < 1.29 is 4.79 Å². The maximum atomic E-state index is 12.6. The molecule has 19 heavy (non-hydrogen) atoms. The molecule has 1 aromatic heterocycles. The number of nitrogens with zero attached hydrogens (tertiary/aromatic N) is 2. The topological polar surface area (TPSA) is 49.0 Å². The van der Waals surface area contributed by atoms with Crippen LogP contribution in [0.2, 0.25) is 0 Å². The lowest BCUT2D eigenvalue weighted by Crippen LogP contribution is -2.36. The average molecular weight is 255 g/mol. The second kappa shape index (κ2) is 4.53. The van der Waals surface area contributed by atoms with Crippen LogP contribution in [0.5, 0.6) is 0 Å². The van der Waals surface area contributed by atoms with Gasteiger partial charge in [-0.25, -0.2) is 0 Å². The molecule has 3 rings (SSSR count). The molecule has 0 bridgehead atoms. The monoisotopic (exact) mass is 255 g/mol. The fourth-order valence-electron chi connectivity index (χ4n) is 2.57. The molecule has 1 N–H and O–H groups in total. The Morgan fingerprint density at radius 3 is 2.84 bits per heavy atom. The van der Waals surface area contributed by atoms with Crippen molar-refractivity contribution in [1.82, 2.24) is 10.2 Å². The molecule has 98 valence electrons. The number of hydrogen-bond donors (Lipinski definition) is 1. The van der Waals surface area contributed by atoms with Gasteiger partial charge in [-0.05, 0) is 38.3 Å². The number of rotatable bonds is 1. The number of benzene rings is 1. The maximum absolute atomic E-state index is 12.6. The van der Waals surface area contributed by atoms with Crippen LogP contribution in [0.3, 0.4) is 0 Å². The number of aromatic nitrogens is 2. The van der Waals surface area contributed by atoms with Gasteiger partial charge in [-0.15, -0.1) is 0 Å². The van der Waals surface area contributed by atoms with Crippen LogP contribution in [0.15, 0.2) is 24.3 Å². The van der Waals surface area contributed by atoms with Gasteiger partial charge < -0.3 is 4.90 Å². The third-order valence-electron chi connectivity index (χ3n) is 3.81. The summed E-state index contributed by atoms with van der Waals surface area (Å²) in [4.78, 5) is 14.5. The van der Waals surface area contributed by atoms with E-state index in [0.717, 1.165) is 36.3 Å². The highest BCUT2D eigenvalue weighted by Gasteiger charge is 2.26. The van der Waals surface area contributed by atoms with Crippen LogP contribution in [0, 0.1) is 13.8 Å². The first kappa shape index (κ1) is 12.0. The van der Waals surface area contributed by atoms with E-state index in [9.17, 15) is 4.79 Å². The zero-order chi connectivity index (χ0) is 13.4. The molecule has 1 aromatic carbocycles. The van der Waals surface area contributed by atoms with E-state index in [1.807, 2.05) is 36.9 Å². The molecule has 0 saturated heterocycles. The van der Waals surface area contributed by atoms with E-state index in [4.69, 9.17) is 0 Å². The van der Waals surface area contributed by atoms with Crippen molar-refractivity contribution in [2.45, 2.75) is 26.7 Å². The fourth-order valence-corrected chi connectivity index (χ4v) is 2.57. The number of para-hydroxylation sites is 1. The van der Waals surface area contributed by atoms with Crippen LogP contribution >= 0.6 is 0 Å². The first-order valence-electron chi connectivity index (χ1n) is 6.60. The van der Waals surface area contributed by atoms with Crippen molar-refractivity contribution in [3.63, 3.8) is 0 Å². The Bertz CT molecular complexity index is 630. The molecule has 0 spiro atoms. The quantitative estimate of drug-likeness (QED) is 0.851. The SMILES string of the molecule is Cc1[nH]nc(C(=O)N2CCCc3ccccc32)c1C. The first-order valence-corrected chi connectivity index (χ1v) is 6.60. The third kappa shape index (κ3) is 1.93. The molecule has 4 heteroatoms. The number of anilines is 1. The Morgan fingerprint density at radius 1 is 1.32 bits per heavy atom. The van der Waals surface area contributed by atoms with Gasteiger partial charge in [0, 0.05) is 23.5 Å². The fraction of sp³-hybridized carbons (Fsp3) is 0.333. The van der Waals surface area contributed by atoms with Crippen LogP contribution in [-0.4, -0.2) is 22.6 Å². The number of aryl methyl sites for hydroxylation is 2. The van der Waals surface area contributed by atoms with Crippen LogP contribution < -0.4 is 4.90 Å². The third-order valence-corrected chi connectivity index (χ3v) is 3.81. The van der Waals surface area contributed by atoms with Gasteiger partial charge in [0.1, 0.15) is 0 Å². The molecule has 1 aliphatic rings. The average Bonchev–Trinajstić information content (AvgIpc) is 2.78. The van der Waals surface area contributed by atoms with E-state index < -0.39 is 0 Å². The number of amides is 1. The summed E-state index contributed by atoms with van der Waals surface area (Å²) < 4.78 is 0. The van der Waals surface area contributed by atoms with Gasteiger partial charge in [-0.2, -0.15) is 5.10 Å². The van der Waals surface area contributed by atoms with Crippen molar-refractivity contribution in [1.29, 1.82) is 0 Å². The summed E-state index contributed by atoms with van der Waals surface area (Å²) in [7, 11) is 0. The van der Waals surface area contributed by atoms with Crippen LogP contribution in [-0.2, 0) is 6.42 Å². The predicted molar refractivity (Wildman–Crippen MR) is 74.5 cm³/mol. The standard InChI is InChI=1S/C15H17N3O/c1-10-11(2)16-17-14(10)15(19)18-9-5-7-12-6-3-4-8-13(12)18/h3-4,6,8H,5,7,9H2,1-2H3,(H,16,17). The van der Waals surface area contributed by atoms with Gasteiger partial charge in [-0.1, -0.05) is 18.2 Å². The largest absolute Gasteiger partial charge is 0.307 e. The second-order valence-electron chi connectivity index (χ2n) is 5.01. The lowest BCUT2D eigenvalue weighted by atomic mass is 10.0. The molecule has 1 amide bonds. The van der Waals surface area contributed by atoms with Crippen molar-refractivity contribution >= 4 is 11.6 Å². The number of H-pyrrole nitrogens is 1. The highest BCUT2D eigenvalue weighted by molar-refractivity contribution is 6.06. The number of carbonyl (C=O) groups is 1. The molecule has 1 aliphatic heterocycles. The number of carbonyl (C=O) groups excluding carboxylic acids is 1. The number of aromatic amines is 1. The lowest BCUT2D eigenvalue weighted by Gasteiger charge is -2.29. The number of nitrogens with one attached hydrogen (secondary N) is 1. The Kier molecular flexibility index (Phi) is 2.85. The molecule has 0 radical (unpaired) electrons. The zero-order valence-corrected chi connectivity index (χ0v) is 11.2. The van der Waals surface area contributed by atoms with Crippen molar-refractivity contribution in [3.8, 4) is 0 Å². The molecule has 2 heterocycles. The summed E-state index contributed by atoms with van der Waals surface area (Å²) >= 11 is 0. The minimum atomic E-state index is -0.00556. The van der Waals surface area contributed by atoms with Gasteiger partial charge in [0.2, 0.25) is 0 Å². The van der Waals surface area contributed by atoms with Crippen LogP contribution in [0.25, 0.3) is 0 Å². The van der Waals surface area contributed by atoms with Crippen molar-refractivity contribution in [2.24, 2.45) is 0 Å². The van der Waals surface area contributed by atoms with Gasteiger partial charge in [0.25, 0.3) is 5.91 Å². The molecule has 0 saturated carbocycles. The minimum Gasteiger partial charge on any atom is -0.307 e. The van der Waals surface area contributed by atoms with E-state index in [0.29, 0.717) is 5.69 Å². The lowest BCUT2D eigenvalue weighted by molar-refractivity contribution is 0.0979. The van der Waals surface area contributed by atoms with Crippen LogP contribution in [0.4, 0.5) is 5.69 Å². The highest BCUT2D eigenvalue weighted by Crippen LogP contribution is 2.28. The van der Waals surface area contributed by atoms with Crippen molar-refractivity contribution in [2.75, 3.05) is 11.4 Å². The Labute approximate surface area is 112 Å². The summed E-state index contributed by atoms with van der Waals surface area (Å²) in [6.07, 6.45) is 2.05. The van der Waals surface area contributed by atoms with E-state index in [-0.39, 0.29) is 5.91 Å². The summed E-state index contributed by atoms with van der Waals surface area (Å²) in [6, 6.07) is 8.11. The van der Waals surface area contributed by atoms with E-state index in [2.05, 4.69) is 16.3 Å². The van der Waals surface area contributed by atoms with Gasteiger partial charge in [0.15, 0.2) is 5.69 Å². The first-order chi connectivity index (χ1) is 9.18. The zero-order valence-electron chi connectivity index (χ0n) is 11.2. The molecule has 2 aromatic rings. The van der Waals surface area contributed by atoms with Crippen LogP contribution in [0.1, 0.15) is 33.7 Å². The molecular weight excluding hydrogens is 238 g/mol. The smallest absolute Gasteiger partial charge is 0.279 e. The highest BCUT2D eigenvalue weighted by atomic mass is 16.2. The normalized spacial score (nSPS) is 14.3. The van der Waals surface area contributed by atoms with E-state index in [1.165, 1.54) is 5.56 Å². The number of hydrogen-bond acceptors (Lipinski definition) is 2. The molecule has 4 nitrogen and oxygen atoms in total. The van der Waals surface area contributed by atoms with Gasteiger partial charge in [0.05, 0.1) is 0 Å². The predicted octanol–water partition coefficient (Wildman–Crippen LogP) is 2.62. The Balaban J connectivity index is 2.00. The summed E-state index contributed by atoms with van der Waals surface area (Å²) in [5.74, 6) is -0.00556. The molecule has 0 unspecified atom stereocenters. The van der Waals surface area contributed by atoms with Gasteiger partial charge in [-0.3, -0.25) is 9.89 Å². The van der Waals surface area contributed by atoms with E-state index in [1.54, 1.807) is 0 Å². The van der Waals surface area contributed by atoms with Gasteiger partial charge >= 0.3 is 0 Å². The Morgan fingerprint density at radius 2 is 2.11 bits per heavy atom. The molecular formula is C15H17N3O. The summed E-state index contributed by atoms with van der Waals surface area (Å²) in [5.41, 5.74) is 4.70. The summed E-state index contributed by atoms with van der Waals surface area (Å²) in [6.45, 7) is 4.63. The Hall–Kier alpha value is -2.10. The molecule has 0 aliphatic carbocycles. The van der Waals surface area contributed by atoms with E-state index >= 15 is 0 Å². The minimum absolute atomic E-state index is 0.00556. The summed E-state index contributed by atoms with van der Waals surface area (Å²) in [5, 5.41) is 7.03. The molecule has 0 fully saturated rings. The molecule has 0 atom stereocenters. The number of fused-ring (bicyclic) bond motifs is 1.